The molecule has 1 aromatic rings. The Morgan fingerprint density at radius 1 is 1.57 bits per heavy atom. The molecule has 3 rings (SSSR count). The summed E-state index contributed by atoms with van der Waals surface area (Å²) in [5.74, 6) is -0.908. The van der Waals surface area contributed by atoms with Crippen LogP contribution in [0, 0.1) is 0 Å². The number of phosphoric ester groups is 1. The molecule has 1 aromatic heterocycles. The number of ether oxygens (including phenoxy) is 1. The van der Waals surface area contributed by atoms with Gasteiger partial charge in [0.1, 0.15) is 24.1 Å². The van der Waals surface area contributed by atoms with Crippen molar-refractivity contribution < 1.29 is 33.1 Å². The van der Waals surface area contributed by atoms with Crippen LogP contribution in [0.4, 0.5) is 5.82 Å². The van der Waals surface area contributed by atoms with E-state index in [1.165, 1.54) is 10.9 Å². The fourth-order valence-corrected chi connectivity index (χ4v) is 3.29. The Kier molecular flexibility index (Phi) is 3.28. The van der Waals surface area contributed by atoms with E-state index in [0.29, 0.717) is 0 Å². The zero-order valence-corrected chi connectivity index (χ0v) is 11.4. The molecule has 2 saturated heterocycles. The molecule has 6 N–H and O–H groups in total. The largest absolute Gasteiger partial charge is 0.472 e. The summed E-state index contributed by atoms with van der Waals surface area (Å²) in [6.07, 6.45) is -2.96. The molecule has 2 fully saturated rings. The molecule has 1 unspecified atom stereocenters. The van der Waals surface area contributed by atoms with Gasteiger partial charge >= 0.3 is 7.82 Å². The minimum atomic E-state index is -4.20. The first-order chi connectivity index (χ1) is 9.80. The molecular formula is C9H13N4O7P. The zero-order chi connectivity index (χ0) is 15.4. The van der Waals surface area contributed by atoms with Gasteiger partial charge in [-0.15, -0.1) is 0 Å². The smallest absolute Gasteiger partial charge is 0.386 e. The molecule has 3 heterocycles. The lowest BCUT2D eigenvalue weighted by Crippen LogP contribution is -2.39. The van der Waals surface area contributed by atoms with Gasteiger partial charge < -0.3 is 26.2 Å². The third-order valence-corrected chi connectivity index (χ3v) is 4.29. The number of carbonyl (C=O) groups excluding carboxylic acids is 1. The summed E-state index contributed by atoms with van der Waals surface area (Å²) >= 11 is 0. The van der Waals surface area contributed by atoms with Crippen LogP contribution >= 0.6 is 7.82 Å². The number of imidazole rings is 1. The Hall–Kier alpha value is -1.49. The minimum absolute atomic E-state index is 0.0849. The fourth-order valence-electron chi connectivity index (χ4n) is 2.33. The number of aromatic nitrogens is 2. The number of amides is 1. The number of aliphatic hydroxyl groups excluding tert-OH is 1. The number of hydrogen-bond acceptors (Lipinski definition) is 8. The van der Waals surface area contributed by atoms with E-state index in [1.807, 2.05) is 0 Å². The first-order valence-corrected chi connectivity index (χ1v) is 7.41. The van der Waals surface area contributed by atoms with E-state index >= 15 is 0 Å². The number of fused-ring (bicyclic) bond motifs is 1. The van der Waals surface area contributed by atoms with Gasteiger partial charge in [-0.1, -0.05) is 0 Å². The lowest BCUT2D eigenvalue weighted by atomic mass is 10.1. The van der Waals surface area contributed by atoms with E-state index in [0.717, 1.165) is 0 Å². The van der Waals surface area contributed by atoms with Gasteiger partial charge in [0, 0.05) is 0 Å². The van der Waals surface area contributed by atoms with Crippen LogP contribution in [0.15, 0.2) is 6.33 Å². The monoisotopic (exact) mass is 320 g/mol. The second-order valence-corrected chi connectivity index (χ2v) is 6.05. The number of aliphatic hydroxyl groups is 1. The lowest BCUT2D eigenvalue weighted by molar-refractivity contribution is -0.0668. The Bertz CT molecular complexity index is 634. The predicted octanol–water partition coefficient (Wildman–Crippen LogP) is -1.66. The molecule has 11 nitrogen and oxygen atoms in total. The van der Waals surface area contributed by atoms with Crippen molar-refractivity contribution in [2.45, 2.75) is 24.5 Å². The van der Waals surface area contributed by atoms with Gasteiger partial charge in [-0.2, -0.15) is 0 Å². The van der Waals surface area contributed by atoms with E-state index in [2.05, 4.69) is 9.51 Å². The van der Waals surface area contributed by atoms with Crippen molar-refractivity contribution in [2.24, 2.45) is 5.73 Å². The van der Waals surface area contributed by atoms with Crippen LogP contribution in [0.3, 0.4) is 0 Å². The Morgan fingerprint density at radius 3 is 2.90 bits per heavy atom. The SMILES string of the molecule is NC(=O)c1ncn([C@@H]2O[C@@H]3COP(=O)(O)O[C@H]3[C@H]2O)c1N. The highest BCUT2D eigenvalue weighted by Crippen LogP contribution is 2.52. The quantitative estimate of drug-likeness (QED) is 0.465. The average Bonchev–Trinajstić information content (AvgIpc) is 2.90. The van der Waals surface area contributed by atoms with Crippen molar-refractivity contribution in [2.75, 3.05) is 12.3 Å². The summed E-state index contributed by atoms with van der Waals surface area (Å²) in [4.78, 5) is 24.1. The summed E-state index contributed by atoms with van der Waals surface area (Å²) in [6, 6.07) is 0. The first kappa shape index (κ1) is 14.4. The molecule has 0 aliphatic carbocycles. The maximum atomic E-state index is 11.4. The fraction of sp³-hybridized carbons (Fsp3) is 0.556. The van der Waals surface area contributed by atoms with Gasteiger partial charge in [-0.25, -0.2) is 9.55 Å². The molecule has 5 atom stereocenters. The molecule has 12 heteroatoms. The van der Waals surface area contributed by atoms with E-state index in [-0.39, 0.29) is 18.1 Å². The van der Waals surface area contributed by atoms with Crippen molar-refractivity contribution in [3.8, 4) is 0 Å². The third kappa shape index (κ3) is 2.33. The molecule has 1 amide bonds. The molecule has 0 bridgehead atoms. The van der Waals surface area contributed by atoms with Crippen LogP contribution in [0.25, 0.3) is 0 Å². The van der Waals surface area contributed by atoms with Gasteiger partial charge in [-0.3, -0.25) is 18.4 Å². The summed E-state index contributed by atoms with van der Waals surface area (Å²) in [6.45, 7) is -0.219. The van der Waals surface area contributed by atoms with Crippen molar-refractivity contribution >= 4 is 19.5 Å². The maximum absolute atomic E-state index is 11.4. The maximum Gasteiger partial charge on any atom is 0.472 e. The summed E-state index contributed by atoms with van der Waals surface area (Å²) in [5, 5.41) is 10.2. The van der Waals surface area contributed by atoms with Crippen LogP contribution in [0.2, 0.25) is 0 Å². The molecule has 2 aliphatic heterocycles. The van der Waals surface area contributed by atoms with E-state index in [9.17, 15) is 19.4 Å². The number of phosphoric acid groups is 1. The molecular weight excluding hydrogens is 307 g/mol. The standard InChI is InChI=1S/C9H13N4O7P/c10-7-4(8(11)15)12-2-13(7)9-5(14)6-3(19-9)1-18-21(16,17)20-6/h2-3,5-6,9,14H,1,10H2,(H2,11,15)(H,16,17)/t3-,5-,6-,9-/m1/s1. The van der Waals surface area contributed by atoms with Gasteiger partial charge in [-0.05, 0) is 0 Å². The second kappa shape index (κ2) is 4.77. The number of hydrogen-bond donors (Lipinski definition) is 4. The molecule has 2 aliphatic rings. The Morgan fingerprint density at radius 2 is 2.29 bits per heavy atom. The number of rotatable bonds is 2. The number of nitrogen functional groups attached to an aromatic ring is 1. The summed E-state index contributed by atoms with van der Waals surface area (Å²) in [5.41, 5.74) is 10.7. The molecule has 0 spiro atoms. The summed E-state index contributed by atoms with van der Waals surface area (Å²) < 4.78 is 27.5. The molecule has 116 valence electrons. The highest BCUT2D eigenvalue weighted by molar-refractivity contribution is 7.47. The van der Waals surface area contributed by atoms with Crippen molar-refractivity contribution in [3.05, 3.63) is 12.0 Å². The van der Waals surface area contributed by atoms with Gasteiger partial charge in [0.05, 0.1) is 12.9 Å². The van der Waals surface area contributed by atoms with Gasteiger partial charge in [0.2, 0.25) is 0 Å². The number of anilines is 1. The van der Waals surface area contributed by atoms with Crippen LogP contribution in [0.5, 0.6) is 0 Å². The Balaban J connectivity index is 1.88. The molecule has 0 aromatic carbocycles. The van der Waals surface area contributed by atoms with E-state index in [1.54, 1.807) is 0 Å². The highest BCUT2D eigenvalue weighted by atomic mass is 31.2. The van der Waals surface area contributed by atoms with Gasteiger partial charge in [0.25, 0.3) is 5.91 Å². The van der Waals surface area contributed by atoms with Crippen molar-refractivity contribution in [1.29, 1.82) is 0 Å². The van der Waals surface area contributed by atoms with E-state index < -0.39 is 38.3 Å². The average molecular weight is 320 g/mol. The third-order valence-electron chi connectivity index (χ3n) is 3.31. The predicted molar refractivity (Wildman–Crippen MR) is 65.7 cm³/mol. The van der Waals surface area contributed by atoms with Crippen molar-refractivity contribution in [3.63, 3.8) is 0 Å². The molecule has 21 heavy (non-hydrogen) atoms. The van der Waals surface area contributed by atoms with Crippen LogP contribution in [0.1, 0.15) is 16.7 Å². The second-order valence-electron chi connectivity index (χ2n) is 4.64. The van der Waals surface area contributed by atoms with Crippen molar-refractivity contribution in [1.82, 2.24) is 9.55 Å². The number of nitrogens with zero attached hydrogens (tertiary/aromatic N) is 2. The van der Waals surface area contributed by atoms with Crippen LogP contribution in [-0.2, 0) is 18.3 Å². The van der Waals surface area contributed by atoms with E-state index in [4.69, 9.17) is 20.7 Å². The van der Waals surface area contributed by atoms with Gasteiger partial charge in [0.15, 0.2) is 11.9 Å². The first-order valence-electron chi connectivity index (χ1n) is 5.91. The summed E-state index contributed by atoms with van der Waals surface area (Å²) in [7, 11) is -4.20. The number of primary amides is 1. The zero-order valence-electron chi connectivity index (χ0n) is 10.5. The lowest BCUT2D eigenvalue weighted by Gasteiger charge is -2.27. The highest BCUT2D eigenvalue weighted by Gasteiger charge is 2.52. The topological polar surface area (TPSA) is 172 Å². The van der Waals surface area contributed by atoms with Crippen LogP contribution in [-0.4, -0.2) is 50.4 Å². The molecule has 0 radical (unpaired) electrons. The number of nitrogens with two attached hydrogens (primary N) is 2. The molecule has 0 saturated carbocycles. The number of carbonyl (C=O) groups is 1. The van der Waals surface area contributed by atoms with Crippen LogP contribution < -0.4 is 11.5 Å². The Labute approximate surface area is 118 Å². The normalized spacial score (nSPS) is 39.1. The minimum Gasteiger partial charge on any atom is -0.386 e.